The second-order valence-electron chi connectivity index (χ2n) is 8.19. The Bertz CT molecular complexity index is 1060. The fourth-order valence-electron chi connectivity index (χ4n) is 4.42. The van der Waals surface area contributed by atoms with E-state index in [1.165, 1.54) is 4.90 Å². The number of aryl methyl sites for hydroxylation is 1. The molecule has 168 valence electrons. The molecule has 0 saturated carbocycles. The maximum atomic E-state index is 13.7. The first-order chi connectivity index (χ1) is 15.4. The van der Waals surface area contributed by atoms with Gasteiger partial charge >= 0.3 is 0 Å². The van der Waals surface area contributed by atoms with Gasteiger partial charge in [-0.05, 0) is 68.0 Å². The molecule has 2 heterocycles. The highest BCUT2D eigenvalue weighted by Crippen LogP contribution is 2.38. The molecule has 0 radical (unpaired) electrons. The van der Waals surface area contributed by atoms with Gasteiger partial charge in [0.25, 0.3) is 11.8 Å². The van der Waals surface area contributed by atoms with E-state index in [0.717, 1.165) is 18.4 Å². The van der Waals surface area contributed by atoms with Crippen LogP contribution in [0.3, 0.4) is 0 Å². The quantitative estimate of drug-likeness (QED) is 0.667. The van der Waals surface area contributed by atoms with E-state index >= 15 is 0 Å². The summed E-state index contributed by atoms with van der Waals surface area (Å²) in [5, 5.41) is 10.2. The van der Waals surface area contributed by atoms with E-state index in [2.05, 4.69) is 0 Å². The molecule has 2 amide bonds. The number of rotatable bonds is 6. The number of carbonyl (C=O) groups is 2. The summed E-state index contributed by atoms with van der Waals surface area (Å²) in [6.45, 7) is 5.56. The number of amides is 2. The SMILES string of the molecule is CCOc1ccc(C2=C(N3CCCC(CO)C3)C(=O)N(c3cc(Cl)ccc3C)C2=O)cc1. The van der Waals surface area contributed by atoms with Crippen molar-refractivity contribution in [2.45, 2.75) is 26.7 Å². The molecule has 2 aromatic rings. The van der Waals surface area contributed by atoms with Crippen molar-refractivity contribution in [3.8, 4) is 5.75 Å². The summed E-state index contributed by atoms with van der Waals surface area (Å²) < 4.78 is 5.53. The standard InChI is InChI=1S/C25H27ClN2O4/c1-3-32-20-10-7-18(8-11-20)22-23(27-12-4-5-17(14-27)15-29)25(31)28(24(22)30)21-13-19(26)9-6-16(21)2/h6-11,13,17,29H,3-5,12,14-15H2,1-2H3. The molecule has 1 N–H and O–H groups in total. The van der Waals surface area contributed by atoms with Crippen molar-refractivity contribution in [3.05, 3.63) is 64.3 Å². The van der Waals surface area contributed by atoms with Crippen molar-refractivity contribution in [2.75, 3.05) is 31.2 Å². The zero-order chi connectivity index (χ0) is 22.8. The highest BCUT2D eigenvalue weighted by molar-refractivity contribution is 6.45. The Labute approximate surface area is 193 Å². The van der Waals surface area contributed by atoms with Gasteiger partial charge in [0.05, 0.1) is 17.9 Å². The van der Waals surface area contributed by atoms with Gasteiger partial charge in [0.15, 0.2) is 0 Å². The zero-order valence-corrected chi connectivity index (χ0v) is 19.1. The molecular weight excluding hydrogens is 428 g/mol. The number of nitrogens with zero attached hydrogens (tertiary/aromatic N) is 2. The topological polar surface area (TPSA) is 70.1 Å². The Kier molecular flexibility index (Phi) is 6.53. The summed E-state index contributed by atoms with van der Waals surface area (Å²) in [5.74, 6) is 0.0483. The van der Waals surface area contributed by atoms with E-state index in [4.69, 9.17) is 16.3 Å². The van der Waals surface area contributed by atoms with Crippen molar-refractivity contribution < 1.29 is 19.4 Å². The third kappa shape index (κ3) is 4.12. The van der Waals surface area contributed by atoms with E-state index in [-0.39, 0.29) is 24.3 Å². The first kappa shape index (κ1) is 22.4. The Morgan fingerprint density at radius 3 is 2.56 bits per heavy atom. The van der Waals surface area contributed by atoms with Crippen molar-refractivity contribution in [2.24, 2.45) is 5.92 Å². The van der Waals surface area contributed by atoms with Crippen LogP contribution in [0.4, 0.5) is 5.69 Å². The average molecular weight is 455 g/mol. The highest BCUT2D eigenvalue weighted by Gasteiger charge is 2.43. The second-order valence-corrected chi connectivity index (χ2v) is 8.63. The average Bonchev–Trinajstić information content (AvgIpc) is 3.06. The molecule has 0 aliphatic carbocycles. The third-order valence-corrected chi connectivity index (χ3v) is 6.25. The van der Waals surface area contributed by atoms with Gasteiger partial charge < -0.3 is 14.7 Å². The number of likely N-dealkylation sites (tertiary alicyclic amines) is 1. The largest absolute Gasteiger partial charge is 0.494 e. The predicted octanol–water partition coefficient (Wildman–Crippen LogP) is 4.04. The molecule has 0 aromatic heterocycles. The monoisotopic (exact) mass is 454 g/mol. The number of aliphatic hydroxyl groups excluding tert-OH is 1. The number of piperidine rings is 1. The molecule has 6 nitrogen and oxygen atoms in total. The van der Waals surface area contributed by atoms with Crippen LogP contribution in [0.5, 0.6) is 5.75 Å². The lowest BCUT2D eigenvalue weighted by atomic mass is 9.97. The van der Waals surface area contributed by atoms with Gasteiger partial charge in [-0.15, -0.1) is 0 Å². The van der Waals surface area contributed by atoms with Crippen molar-refractivity contribution in [3.63, 3.8) is 0 Å². The minimum Gasteiger partial charge on any atom is -0.494 e. The lowest BCUT2D eigenvalue weighted by molar-refractivity contribution is -0.120. The smallest absolute Gasteiger partial charge is 0.282 e. The minimum absolute atomic E-state index is 0.0570. The van der Waals surface area contributed by atoms with Crippen molar-refractivity contribution in [1.82, 2.24) is 4.90 Å². The Balaban J connectivity index is 1.81. The second kappa shape index (κ2) is 9.35. The van der Waals surface area contributed by atoms with Crippen LogP contribution in [-0.4, -0.2) is 48.1 Å². The van der Waals surface area contributed by atoms with Gasteiger partial charge in [0.2, 0.25) is 0 Å². The van der Waals surface area contributed by atoms with E-state index in [9.17, 15) is 14.7 Å². The summed E-state index contributed by atoms with van der Waals surface area (Å²) in [5.41, 5.74) is 2.69. The number of hydrogen-bond acceptors (Lipinski definition) is 5. The molecular formula is C25H27ClN2O4. The van der Waals surface area contributed by atoms with E-state index in [0.29, 0.717) is 53.0 Å². The number of benzene rings is 2. The Morgan fingerprint density at radius 2 is 1.88 bits per heavy atom. The zero-order valence-electron chi connectivity index (χ0n) is 18.3. The molecule has 32 heavy (non-hydrogen) atoms. The van der Waals surface area contributed by atoms with E-state index < -0.39 is 0 Å². The number of anilines is 1. The summed E-state index contributed by atoms with van der Waals surface area (Å²) in [4.78, 5) is 30.6. The van der Waals surface area contributed by atoms with E-state index in [1.807, 2.05) is 30.9 Å². The number of hydrogen-bond donors (Lipinski definition) is 1. The Hall–Kier alpha value is -2.83. The van der Waals surface area contributed by atoms with Crippen LogP contribution in [0.25, 0.3) is 5.57 Å². The van der Waals surface area contributed by atoms with E-state index in [1.54, 1.807) is 30.3 Å². The third-order valence-electron chi connectivity index (χ3n) is 6.02. The fraction of sp³-hybridized carbons (Fsp3) is 0.360. The number of ether oxygens (including phenoxy) is 1. The van der Waals surface area contributed by atoms with Crippen molar-refractivity contribution >= 4 is 34.7 Å². The van der Waals surface area contributed by atoms with Crippen LogP contribution in [0.15, 0.2) is 48.2 Å². The van der Waals surface area contributed by atoms with Gasteiger partial charge in [-0.25, -0.2) is 4.90 Å². The predicted molar refractivity (Wildman–Crippen MR) is 125 cm³/mol. The molecule has 7 heteroatoms. The van der Waals surface area contributed by atoms with Gasteiger partial charge in [0.1, 0.15) is 11.4 Å². The van der Waals surface area contributed by atoms with Gasteiger partial charge in [0, 0.05) is 24.7 Å². The molecule has 1 atom stereocenters. The van der Waals surface area contributed by atoms with Crippen LogP contribution in [0, 0.1) is 12.8 Å². The van der Waals surface area contributed by atoms with Crippen LogP contribution in [0.2, 0.25) is 5.02 Å². The number of aliphatic hydroxyl groups is 1. The molecule has 1 unspecified atom stereocenters. The molecule has 0 bridgehead atoms. The molecule has 4 rings (SSSR count). The molecule has 2 aliphatic rings. The van der Waals surface area contributed by atoms with Crippen LogP contribution in [0.1, 0.15) is 30.9 Å². The van der Waals surface area contributed by atoms with Crippen LogP contribution >= 0.6 is 11.6 Å². The van der Waals surface area contributed by atoms with Gasteiger partial charge in [-0.1, -0.05) is 29.8 Å². The van der Waals surface area contributed by atoms with Crippen LogP contribution in [-0.2, 0) is 9.59 Å². The molecule has 1 saturated heterocycles. The molecule has 2 aliphatic heterocycles. The van der Waals surface area contributed by atoms with Crippen molar-refractivity contribution in [1.29, 1.82) is 0 Å². The Morgan fingerprint density at radius 1 is 1.12 bits per heavy atom. The number of imide groups is 1. The maximum Gasteiger partial charge on any atom is 0.282 e. The summed E-state index contributed by atoms with van der Waals surface area (Å²) in [7, 11) is 0. The lowest BCUT2D eigenvalue weighted by Gasteiger charge is -2.34. The normalized spacial score (nSPS) is 19.2. The van der Waals surface area contributed by atoms with Crippen LogP contribution < -0.4 is 9.64 Å². The summed E-state index contributed by atoms with van der Waals surface area (Å²) in [6, 6.07) is 12.4. The molecule has 2 aromatic carbocycles. The molecule has 1 fully saturated rings. The number of halogens is 1. The summed E-state index contributed by atoms with van der Waals surface area (Å²) >= 11 is 6.20. The first-order valence-corrected chi connectivity index (χ1v) is 11.3. The first-order valence-electron chi connectivity index (χ1n) is 10.9. The molecule has 0 spiro atoms. The summed E-state index contributed by atoms with van der Waals surface area (Å²) in [6.07, 6.45) is 1.75. The lowest BCUT2D eigenvalue weighted by Crippen LogP contribution is -2.40. The highest BCUT2D eigenvalue weighted by atomic mass is 35.5. The number of carbonyl (C=O) groups excluding carboxylic acids is 2. The van der Waals surface area contributed by atoms with Gasteiger partial charge in [-0.2, -0.15) is 0 Å². The van der Waals surface area contributed by atoms with Gasteiger partial charge in [-0.3, -0.25) is 9.59 Å². The maximum absolute atomic E-state index is 13.7. The fourth-order valence-corrected chi connectivity index (χ4v) is 4.58. The minimum atomic E-state index is -0.370.